The summed E-state index contributed by atoms with van der Waals surface area (Å²) in [5.41, 5.74) is 3.88. The lowest BCUT2D eigenvalue weighted by Gasteiger charge is -2.28. The van der Waals surface area contributed by atoms with Crippen LogP contribution in [0.15, 0.2) is 46.9 Å². The molecular weight excluding hydrogens is 332 g/mol. The molecule has 0 atom stereocenters. The van der Waals surface area contributed by atoms with Gasteiger partial charge >= 0.3 is 0 Å². The third-order valence-corrected chi connectivity index (χ3v) is 4.49. The van der Waals surface area contributed by atoms with E-state index in [-0.39, 0.29) is 10.6 Å². The second-order valence-corrected chi connectivity index (χ2v) is 6.13. The number of hydrogen-bond donors (Lipinski definition) is 0. The van der Waals surface area contributed by atoms with Crippen molar-refractivity contribution in [2.45, 2.75) is 19.5 Å². The summed E-state index contributed by atoms with van der Waals surface area (Å²) in [6.07, 6.45) is 1.04. The van der Waals surface area contributed by atoms with Crippen molar-refractivity contribution in [2.75, 3.05) is 6.54 Å². The van der Waals surface area contributed by atoms with E-state index in [9.17, 15) is 10.1 Å². The molecule has 2 aromatic rings. The topological polar surface area (TPSA) is 46.4 Å². The molecule has 0 bridgehead atoms. The zero-order valence-corrected chi connectivity index (χ0v) is 13.0. The number of fused-ring (bicyclic) bond motifs is 1. The average molecular weight is 347 g/mol. The largest absolute Gasteiger partial charge is 0.294 e. The summed E-state index contributed by atoms with van der Waals surface area (Å²) in [5.74, 6) is 0. The summed E-state index contributed by atoms with van der Waals surface area (Å²) in [6.45, 7) is 2.63. The summed E-state index contributed by atoms with van der Waals surface area (Å²) in [5, 5.41) is 11.0. The van der Waals surface area contributed by atoms with Gasteiger partial charge in [-0.1, -0.05) is 30.3 Å². The Bertz CT molecular complexity index is 688. The maximum atomic E-state index is 11.0. The zero-order chi connectivity index (χ0) is 14.8. The van der Waals surface area contributed by atoms with Crippen LogP contribution in [0.2, 0.25) is 0 Å². The minimum absolute atomic E-state index is 0.130. The van der Waals surface area contributed by atoms with E-state index in [2.05, 4.69) is 45.1 Å². The van der Waals surface area contributed by atoms with E-state index in [4.69, 9.17) is 0 Å². The van der Waals surface area contributed by atoms with Gasteiger partial charge in [-0.3, -0.25) is 15.0 Å². The van der Waals surface area contributed by atoms with Gasteiger partial charge in [-0.2, -0.15) is 0 Å². The fourth-order valence-corrected chi connectivity index (χ4v) is 3.14. The van der Waals surface area contributed by atoms with Crippen molar-refractivity contribution in [3.8, 4) is 0 Å². The van der Waals surface area contributed by atoms with Crippen LogP contribution < -0.4 is 0 Å². The molecule has 0 spiro atoms. The Labute approximate surface area is 131 Å². The number of rotatable bonds is 3. The first-order chi connectivity index (χ1) is 10.1. The Morgan fingerprint density at radius 2 is 1.95 bits per heavy atom. The van der Waals surface area contributed by atoms with E-state index >= 15 is 0 Å². The Morgan fingerprint density at radius 3 is 2.71 bits per heavy atom. The lowest BCUT2D eigenvalue weighted by Crippen LogP contribution is -2.29. The first kappa shape index (κ1) is 14.2. The van der Waals surface area contributed by atoms with Gasteiger partial charge in [0.1, 0.15) is 0 Å². The van der Waals surface area contributed by atoms with Crippen molar-refractivity contribution in [3.05, 3.63) is 73.7 Å². The Balaban J connectivity index is 1.76. The van der Waals surface area contributed by atoms with Crippen molar-refractivity contribution >= 4 is 21.6 Å². The van der Waals surface area contributed by atoms with Crippen LogP contribution in [-0.2, 0) is 19.5 Å². The molecule has 1 aliphatic heterocycles. The van der Waals surface area contributed by atoms with Crippen molar-refractivity contribution in [3.63, 3.8) is 0 Å². The third kappa shape index (κ3) is 3.14. The Hall–Kier alpha value is -1.72. The molecule has 0 saturated carbocycles. The molecule has 0 saturated heterocycles. The highest BCUT2D eigenvalue weighted by molar-refractivity contribution is 9.10. The minimum Gasteiger partial charge on any atom is -0.294 e. The monoisotopic (exact) mass is 346 g/mol. The molecule has 0 radical (unpaired) electrons. The van der Waals surface area contributed by atoms with Crippen molar-refractivity contribution in [1.29, 1.82) is 0 Å². The van der Waals surface area contributed by atoms with Crippen LogP contribution in [0.25, 0.3) is 0 Å². The van der Waals surface area contributed by atoms with E-state index in [0.717, 1.165) is 31.6 Å². The van der Waals surface area contributed by atoms with Gasteiger partial charge in [-0.05, 0) is 45.1 Å². The fourth-order valence-electron chi connectivity index (χ4n) is 2.74. The van der Waals surface area contributed by atoms with Crippen LogP contribution in [0.5, 0.6) is 0 Å². The van der Waals surface area contributed by atoms with Gasteiger partial charge in [0.2, 0.25) is 0 Å². The summed E-state index contributed by atoms with van der Waals surface area (Å²) in [6, 6.07) is 13.8. The molecule has 5 heteroatoms. The molecule has 0 aliphatic carbocycles. The van der Waals surface area contributed by atoms with Gasteiger partial charge in [0.15, 0.2) is 0 Å². The second kappa shape index (κ2) is 5.95. The van der Waals surface area contributed by atoms with E-state index in [1.54, 1.807) is 12.1 Å². The molecule has 3 rings (SSSR count). The molecule has 0 amide bonds. The van der Waals surface area contributed by atoms with Crippen LogP contribution in [0.1, 0.15) is 16.7 Å². The van der Waals surface area contributed by atoms with E-state index in [0.29, 0.717) is 4.47 Å². The molecular formula is C16H15BrN2O2. The van der Waals surface area contributed by atoms with Gasteiger partial charge < -0.3 is 0 Å². The van der Waals surface area contributed by atoms with Gasteiger partial charge in [0, 0.05) is 25.7 Å². The zero-order valence-electron chi connectivity index (χ0n) is 11.5. The van der Waals surface area contributed by atoms with Crippen LogP contribution in [-0.4, -0.2) is 16.4 Å². The maximum absolute atomic E-state index is 11.0. The Morgan fingerprint density at radius 1 is 1.19 bits per heavy atom. The van der Waals surface area contributed by atoms with Crippen LogP contribution in [0, 0.1) is 10.1 Å². The molecule has 0 fully saturated rings. The highest BCUT2D eigenvalue weighted by Gasteiger charge is 2.18. The fraction of sp³-hybridized carbons (Fsp3) is 0.250. The highest BCUT2D eigenvalue weighted by Crippen LogP contribution is 2.27. The van der Waals surface area contributed by atoms with Crippen LogP contribution in [0.4, 0.5) is 5.69 Å². The van der Waals surface area contributed by atoms with Crippen molar-refractivity contribution in [2.24, 2.45) is 0 Å². The summed E-state index contributed by atoms with van der Waals surface area (Å²) >= 11 is 3.22. The van der Waals surface area contributed by atoms with Gasteiger partial charge in [0.25, 0.3) is 5.69 Å². The summed E-state index contributed by atoms with van der Waals surface area (Å²) < 4.78 is 0.528. The molecule has 4 nitrogen and oxygen atoms in total. The smallest absolute Gasteiger partial charge is 0.283 e. The van der Waals surface area contributed by atoms with Gasteiger partial charge in [-0.15, -0.1) is 0 Å². The first-order valence-corrected chi connectivity index (χ1v) is 7.65. The number of benzene rings is 2. The number of nitro benzene ring substituents is 1. The molecule has 0 aromatic heterocycles. The molecule has 0 N–H and O–H groups in total. The summed E-state index contributed by atoms with van der Waals surface area (Å²) in [4.78, 5) is 13.0. The maximum Gasteiger partial charge on any atom is 0.283 e. The van der Waals surface area contributed by atoms with Gasteiger partial charge in [0.05, 0.1) is 9.40 Å². The quantitative estimate of drug-likeness (QED) is 0.625. The van der Waals surface area contributed by atoms with Crippen LogP contribution in [0.3, 0.4) is 0 Å². The van der Waals surface area contributed by atoms with Crippen molar-refractivity contribution < 1.29 is 4.92 Å². The summed E-state index contributed by atoms with van der Waals surface area (Å²) in [7, 11) is 0. The molecule has 1 aliphatic rings. The predicted molar refractivity (Wildman–Crippen MR) is 85.1 cm³/mol. The second-order valence-electron chi connectivity index (χ2n) is 5.27. The molecule has 0 unspecified atom stereocenters. The molecule has 2 aromatic carbocycles. The average Bonchev–Trinajstić information content (AvgIpc) is 2.49. The van der Waals surface area contributed by atoms with Crippen molar-refractivity contribution in [1.82, 2.24) is 4.90 Å². The molecule has 108 valence electrons. The van der Waals surface area contributed by atoms with E-state index in [1.165, 1.54) is 11.1 Å². The SMILES string of the molecule is O=[N+]([O-])c1cc(CN2CCc3ccccc3C2)ccc1Br. The third-order valence-electron chi connectivity index (χ3n) is 3.82. The van der Waals surface area contributed by atoms with E-state index < -0.39 is 0 Å². The van der Waals surface area contributed by atoms with E-state index in [1.807, 2.05) is 6.07 Å². The lowest BCUT2D eigenvalue weighted by atomic mass is 9.99. The highest BCUT2D eigenvalue weighted by atomic mass is 79.9. The van der Waals surface area contributed by atoms with Crippen LogP contribution >= 0.6 is 15.9 Å². The first-order valence-electron chi connectivity index (χ1n) is 6.85. The number of nitrogens with zero attached hydrogens (tertiary/aromatic N) is 2. The minimum atomic E-state index is -0.348. The lowest BCUT2D eigenvalue weighted by molar-refractivity contribution is -0.385. The normalized spacial score (nSPS) is 14.7. The molecule has 21 heavy (non-hydrogen) atoms. The number of halogens is 1. The number of nitro groups is 1. The number of hydrogen-bond acceptors (Lipinski definition) is 3. The standard InChI is InChI=1S/C16H15BrN2O2/c17-15-6-5-12(9-16(15)19(20)21)10-18-8-7-13-3-1-2-4-14(13)11-18/h1-6,9H,7-8,10-11H2. The predicted octanol–water partition coefficient (Wildman–Crippen LogP) is 3.92. The van der Waals surface area contributed by atoms with Gasteiger partial charge in [-0.25, -0.2) is 0 Å². The molecule has 1 heterocycles. The Kier molecular flexibility index (Phi) is 4.03.